The minimum absolute atomic E-state index is 0.234. The van der Waals surface area contributed by atoms with Crippen LogP contribution in [0.15, 0.2) is 77.3 Å². The summed E-state index contributed by atoms with van der Waals surface area (Å²) in [6.45, 7) is 13.1. The summed E-state index contributed by atoms with van der Waals surface area (Å²) in [5.41, 5.74) is 9.44. The van der Waals surface area contributed by atoms with E-state index in [2.05, 4.69) is 74.9 Å². The highest BCUT2D eigenvalue weighted by Crippen LogP contribution is 2.40. The Hall–Kier alpha value is -2.76. The Morgan fingerprint density at radius 1 is 0.578 bits per heavy atom. The van der Waals surface area contributed by atoms with E-state index < -0.39 is 26.4 Å². The minimum Gasteiger partial charge on any atom is -0.393 e. The van der Waals surface area contributed by atoms with Crippen LogP contribution in [0.1, 0.15) is 87.7 Å². The molecule has 0 fully saturated rings. The smallest absolute Gasteiger partial charge is 0.146 e. The number of aliphatic hydroxyl groups is 6. The van der Waals surface area contributed by atoms with E-state index in [1.807, 2.05) is 36.4 Å². The number of rotatable bonds is 9. The second-order valence-electron chi connectivity index (χ2n) is 11.7. The molecule has 0 saturated carbocycles. The Morgan fingerprint density at radius 3 is 1.18 bits per heavy atom. The first-order chi connectivity index (χ1) is 21.3. The van der Waals surface area contributed by atoms with Crippen molar-refractivity contribution in [1.29, 1.82) is 0 Å². The topological polar surface area (TPSA) is 121 Å². The second kappa shape index (κ2) is 20.4. The highest BCUT2D eigenvalue weighted by molar-refractivity contribution is 9.10. The Balaban J connectivity index is 0.000000370. The van der Waals surface area contributed by atoms with Gasteiger partial charge in [-0.1, -0.05) is 106 Å². The van der Waals surface area contributed by atoms with Crippen molar-refractivity contribution in [2.24, 2.45) is 0 Å². The maximum atomic E-state index is 9.62. The molecule has 0 unspecified atom stereocenters. The summed E-state index contributed by atoms with van der Waals surface area (Å²) in [7, 11) is -1.70. The minimum atomic E-state index is -1.70. The van der Waals surface area contributed by atoms with Gasteiger partial charge in [0, 0.05) is 15.6 Å². The van der Waals surface area contributed by atoms with E-state index in [-0.39, 0.29) is 19.8 Å². The lowest BCUT2D eigenvalue weighted by molar-refractivity contribution is 0.0956. The van der Waals surface area contributed by atoms with Crippen molar-refractivity contribution in [2.45, 2.75) is 76.5 Å². The van der Waals surface area contributed by atoms with E-state index in [1.54, 1.807) is 36.4 Å². The van der Waals surface area contributed by atoms with Crippen molar-refractivity contribution in [3.05, 3.63) is 105 Å². The molecule has 0 spiro atoms. The Labute approximate surface area is 279 Å². The van der Waals surface area contributed by atoms with Gasteiger partial charge >= 0.3 is 0 Å². The Morgan fingerprint density at radius 2 is 0.889 bits per heavy atom. The van der Waals surface area contributed by atoms with Crippen LogP contribution in [-0.4, -0.2) is 58.5 Å². The van der Waals surface area contributed by atoms with Crippen LogP contribution in [0.25, 0.3) is 0 Å². The van der Waals surface area contributed by atoms with Crippen molar-refractivity contribution >= 4 is 24.0 Å². The van der Waals surface area contributed by atoms with Gasteiger partial charge < -0.3 is 30.6 Å². The largest absolute Gasteiger partial charge is 0.393 e. The van der Waals surface area contributed by atoms with Crippen molar-refractivity contribution in [3.8, 4) is 23.8 Å². The first-order valence-electron chi connectivity index (χ1n) is 15.1. The van der Waals surface area contributed by atoms with Gasteiger partial charge in [0.15, 0.2) is 0 Å². The van der Waals surface area contributed by atoms with Gasteiger partial charge in [0.05, 0.1) is 19.8 Å². The number of hydrogen-bond donors (Lipinski definition) is 6. The molecular weight excluding hydrogens is 648 g/mol. The molecule has 0 bridgehead atoms. The standard InChI is InChI=1S/C19H30O2Si.C10H10O2.C8H9BrO2/c1-14(2)22(15(3)4,16(5)6)12-11-17-7-9-18(10-8-17)19(21)13-20;1-2-8-3-5-9(6-4-8)10(12)7-11;9-7-3-1-6(2-4-7)8(11)5-10/h7-10,14-16,19-21H,13H2,1-6H3;1,3-6,10-12H,7H2;1-4,8,10-11H,5H2/t19-;10-;8-/m111/s1. The molecule has 0 radical (unpaired) electrons. The molecule has 8 heteroatoms. The normalized spacial score (nSPS) is 13.0. The maximum Gasteiger partial charge on any atom is 0.146 e. The fourth-order valence-corrected chi connectivity index (χ4v) is 10.7. The predicted molar refractivity (Wildman–Crippen MR) is 189 cm³/mol. The fraction of sp³-hybridized carbons (Fsp3) is 0.405. The van der Waals surface area contributed by atoms with Crippen LogP contribution in [0.5, 0.6) is 0 Å². The Kier molecular flexibility index (Phi) is 18.2. The molecule has 6 nitrogen and oxygen atoms in total. The third-order valence-electron chi connectivity index (χ3n) is 7.82. The van der Waals surface area contributed by atoms with Crippen LogP contribution >= 0.6 is 15.9 Å². The molecular formula is C37H49BrO6Si. The van der Waals surface area contributed by atoms with Crippen LogP contribution < -0.4 is 0 Å². The third kappa shape index (κ3) is 12.5. The van der Waals surface area contributed by atoms with Crippen LogP contribution in [0, 0.1) is 23.8 Å². The molecule has 3 aromatic carbocycles. The van der Waals surface area contributed by atoms with Crippen molar-refractivity contribution < 1.29 is 30.6 Å². The molecule has 244 valence electrons. The first kappa shape index (κ1) is 40.3. The zero-order valence-electron chi connectivity index (χ0n) is 27.2. The fourth-order valence-electron chi connectivity index (χ4n) is 5.20. The molecule has 3 aromatic rings. The SMILES string of the molecule is C#Cc1ccc([C@H](O)CO)cc1.CC(C)[Si](C#Cc1ccc([C@H](O)CO)cc1)(C(C)C)C(C)C.OC[C@@H](O)c1ccc(Br)cc1. The average molecular weight is 698 g/mol. The molecule has 6 N–H and O–H groups in total. The van der Waals surface area contributed by atoms with E-state index in [4.69, 9.17) is 26.8 Å². The summed E-state index contributed by atoms with van der Waals surface area (Å²) >= 11 is 3.27. The molecule has 0 aliphatic rings. The zero-order valence-corrected chi connectivity index (χ0v) is 29.7. The predicted octanol–water partition coefficient (Wildman–Crippen LogP) is 6.45. The van der Waals surface area contributed by atoms with E-state index >= 15 is 0 Å². The van der Waals surface area contributed by atoms with E-state index in [1.165, 1.54) is 0 Å². The summed E-state index contributed by atoms with van der Waals surface area (Å²) in [6.07, 6.45) is 2.77. The van der Waals surface area contributed by atoms with Gasteiger partial charge in [-0.15, -0.1) is 12.0 Å². The lowest BCUT2D eigenvalue weighted by Crippen LogP contribution is -2.43. The van der Waals surface area contributed by atoms with Gasteiger partial charge in [-0.25, -0.2) is 0 Å². The molecule has 45 heavy (non-hydrogen) atoms. The van der Waals surface area contributed by atoms with E-state index in [0.29, 0.717) is 22.2 Å². The van der Waals surface area contributed by atoms with Gasteiger partial charge in [-0.2, -0.15) is 0 Å². The van der Waals surface area contributed by atoms with Crippen molar-refractivity contribution in [3.63, 3.8) is 0 Å². The maximum absolute atomic E-state index is 9.62. The van der Waals surface area contributed by atoms with Gasteiger partial charge in [0.25, 0.3) is 0 Å². The molecule has 0 amide bonds. The van der Waals surface area contributed by atoms with Gasteiger partial charge in [0.1, 0.15) is 26.4 Å². The quantitative estimate of drug-likeness (QED) is 0.113. The summed E-state index contributed by atoms with van der Waals surface area (Å²) < 4.78 is 0.964. The average Bonchev–Trinajstić information content (AvgIpc) is 3.04. The van der Waals surface area contributed by atoms with Gasteiger partial charge in [0.2, 0.25) is 0 Å². The first-order valence-corrected chi connectivity index (χ1v) is 18.1. The monoisotopic (exact) mass is 696 g/mol. The number of terminal acetylenes is 1. The Bertz CT molecular complexity index is 1330. The lowest BCUT2D eigenvalue weighted by Gasteiger charge is -2.38. The van der Waals surface area contributed by atoms with Crippen molar-refractivity contribution in [1.82, 2.24) is 0 Å². The zero-order chi connectivity index (χ0) is 34.2. The van der Waals surface area contributed by atoms with Crippen molar-refractivity contribution in [2.75, 3.05) is 19.8 Å². The molecule has 0 heterocycles. The summed E-state index contributed by atoms with van der Waals surface area (Å²) in [4.78, 5) is 0. The van der Waals surface area contributed by atoms with Crippen LogP contribution in [-0.2, 0) is 0 Å². The van der Waals surface area contributed by atoms with Gasteiger partial charge in [-0.3, -0.25) is 0 Å². The molecule has 0 aliphatic heterocycles. The van der Waals surface area contributed by atoms with Crippen LogP contribution in [0.2, 0.25) is 16.6 Å². The molecule has 3 atom stereocenters. The number of benzene rings is 3. The molecule has 0 saturated heterocycles. The molecule has 0 aliphatic carbocycles. The third-order valence-corrected chi connectivity index (χ3v) is 14.6. The highest BCUT2D eigenvalue weighted by Gasteiger charge is 2.41. The van der Waals surface area contributed by atoms with Crippen LogP contribution in [0.3, 0.4) is 0 Å². The number of aliphatic hydroxyl groups excluding tert-OH is 6. The van der Waals surface area contributed by atoms with Crippen LogP contribution in [0.4, 0.5) is 0 Å². The molecule has 3 rings (SSSR count). The lowest BCUT2D eigenvalue weighted by atomic mass is 10.1. The second-order valence-corrected chi connectivity index (χ2v) is 18.2. The summed E-state index contributed by atoms with van der Waals surface area (Å²) in [5, 5.41) is 54.2. The molecule has 0 aromatic heterocycles. The number of halogens is 1. The van der Waals surface area contributed by atoms with Gasteiger partial charge in [-0.05, 0) is 69.7 Å². The summed E-state index contributed by atoms with van der Waals surface area (Å²) in [5.74, 6) is 5.85. The van der Waals surface area contributed by atoms with E-state index in [0.717, 1.165) is 26.7 Å². The summed E-state index contributed by atoms with van der Waals surface area (Å²) in [6, 6.07) is 21.6. The van der Waals surface area contributed by atoms with E-state index in [9.17, 15) is 10.2 Å². The highest BCUT2D eigenvalue weighted by atomic mass is 79.9. The number of hydrogen-bond acceptors (Lipinski definition) is 6.